The molecule has 0 amide bonds. The molecule has 2 heterocycles. The molecule has 0 aromatic rings. The third-order valence-corrected chi connectivity index (χ3v) is 3.23. The maximum absolute atomic E-state index is 4.52. The fourth-order valence-corrected chi connectivity index (χ4v) is 2.09. The first-order valence-corrected chi connectivity index (χ1v) is 6.56. The summed E-state index contributed by atoms with van der Waals surface area (Å²) in [6, 6.07) is 0. The second-order valence-corrected chi connectivity index (χ2v) is 5.78. The van der Waals surface area contributed by atoms with Crippen molar-refractivity contribution < 1.29 is 9.98 Å². The van der Waals surface area contributed by atoms with Gasteiger partial charge in [-0.3, -0.25) is 20.6 Å². The van der Waals surface area contributed by atoms with Crippen LogP contribution in [0.25, 0.3) is 0 Å². The molecular weight excluding hydrogens is 228 g/mol. The molecule has 100 valence electrons. The van der Waals surface area contributed by atoms with Crippen LogP contribution in [-0.2, 0) is 0 Å². The molecular formula is C12H24N6+2. The van der Waals surface area contributed by atoms with E-state index in [4.69, 9.17) is 0 Å². The molecule has 6 nitrogen and oxygen atoms in total. The molecule has 0 bridgehead atoms. The topological polar surface area (TPSA) is 76.7 Å². The summed E-state index contributed by atoms with van der Waals surface area (Å²) in [5, 5.41) is 15.7. The van der Waals surface area contributed by atoms with E-state index in [-0.39, 0.29) is 11.1 Å². The fourth-order valence-electron chi connectivity index (χ4n) is 2.09. The lowest BCUT2D eigenvalue weighted by atomic mass is 10.0. The Bertz CT molecular complexity index is 367. The van der Waals surface area contributed by atoms with E-state index in [0.29, 0.717) is 0 Å². The molecule has 0 atom stereocenters. The lowest BCUT2D eigenvalue weighted by molar-refractivity contribution is -0.448. The van der Waals surface area contributed by atoms with Crippen LogP contribution in [0.4, 0.5) is 0 Å². The molecule has 0 saturated heterocycles. The maximum Gasteiger partial charge on any atom is 0.272 e. The average molecular weight is 252 g/mol. The van der Waals surface area contributed by atoms with Crippen LogP contribution in [0.5, 0.6) is 0 Å². The minimum atomic E-state index is -0.326. The van der Waals surface area contributed by atoms with Crippen LogP contribution in [0, 0.1) is 0 Å². The zero-order valence-corrected chi connectivity index (χ0v) is 11.7. The van der Waals surface area contributed by atoms with Gasteiger partial charge in [-0.1, -0.05) is 0 Å². The summed E-state index contributed by atoms with van der Waals surface area (Å²) in [5.74, 6) is 2.11. The molecule has 0 aromatic carbocycles. The van der Waals surface area contributed by atoms with Gasteiger partial charge in [-0.2, -0.15) is 10.2 Å². The molecule has 0 radical (unpaired) electrons. The first-order chi connectivity index (χ1) is 8.42. The second-order valence-electron chi connectivity index (χ2n) is 5.78. The van der Waals surface area contributed by atoms with Gasteiger partial charge in [0.15, 0.2) is 11.1 Å². The summed E-state index contributed by atoms with van der Waals surface area (Å²) in [5.41, 5.74) is -0.653. The second kappa shape index (κ2) is 4.66. The number of hydrogen-bond acceptors (Lipinski definition) is 4. The van der Waals surface area contributed by atoms with Crippen LogP contribution in [0.15, 0.2) is 10.2 Å². The Morgan fingerprint density at radius 2 is 1.22 bits per heavy atom. The van der Waals surface area contributed by atoms with Crippen LogP contribution in [0.2, 0.25) is 0 Å². The first-order valence-electron chi connectivity index (χ1n) is 6.56. The Balaban J connectivity index is 2.09. The molecule has 6 heteroatoms. The molecule has 2 aliphatic heterocycles. The van der Waals surface area contributed by atoms with E-state index in [2.05, 4.69) is 58.5 Å². The SMILES string of the molecule is CC(C)(N=NC(C)(C)C1=[NH+]CCN1)C1=[NH+]CCN1. The van der Waals surface area contributed by atoms with E-state index in [1.54, 1.807) is 0 Å². The highest BCUT2D eigenvalue weighted by atomic mass is 15.3. The Hall–Kier alpha value is -1.46. The number of azo groups is 1. The van der Waals surface area contributed by atoms with Crippen molar-refractivity contribution in [3.05, 3.63) is 0 Å². The predicted octanol–water partition coefficient (Wildman–Crippen LogP) is -2.84. The van der Waals surface area contributed by atoms with Crippen molar-refractivity contribution in [1.82, 2.24) is 10.6 Å². The van der Waals surface area contributed by atoms with Crippen molar-refractivity contribution in [3.8, 4) is 0 Å². The van der Waals surface area contributed by atoms with Crippen molar-refractivity contribution in [3.63, 3.8) is 0 Å². The molecule has 0 aromatic heterocycles. The van der Waals surface area contributed by atoms with Crippen LogP contribution in [-0.4, -0.2) is 48.9 Å². The van der Waals surface area contributed by atoms with Gasteiger partial charge >= 0.3 is 0 Å². The van der Waals surface area contributed by atoms with E-state index >= 15 is 0 Å². The first kappa shape index (κ1) is 13.0. The van der Waals surface area contributed by atoms with Crippen molar-refractivity contribution in [2.45, 2.75) is 38.8 Å². The van der Waals surface area contributed by atoms with E-state index < -0.39 is 0 Å². The third kappa shape index (κ3) is 2.68. The van der Waals surface area contributed by atoms with Crippen molar-refractivity contribution in [2.24, 2.45) is 10.2 Å². The van der Waals surface area contributed by atoms with Crippen molar-refractivity contribution in [2.75, 3.05) is 26.2 Å². The van der Waals surface area contributed by atoms with E-state index in [0.717, 1.165) is 37.9 Å². The molecule has 0 unspecified atom stereocenters. The quantitative estimate of drug-likeness (QED) is 0.407. The molecule has 0 spiro atoms. The minimum absolute atomic E-state index is 0.326. The van der Waals surface area contributed by atoms with Crippen LogP contribution >= 0.6 is 0 Å². The van der Waals surface area contributed by atoms with Crippen molar-refractivity contribution >= 4 is 11.7 Å². The maximum atomic E-state index is 4.52. The normalized spacial score (nSPS) is 20.7. The number of nitrogens with zero attached hydrogens (tertiary/aromatic N) is 2. The van der Waals surface area contributed by atoms with Gasteiger partial charge < -0.3 is 0 Å². The number of rotatable bonds is 4. The third-order valence-electron chi connectivity index (χ3n) is 3.23. The van der Waals surface area contributed by atoms with Crippen LogP contribution in [0.3, 0.4) is 0 Å². The highest BCUT2D eigenvalue weighted by Gasteiger charge is 2.37. The van der Waals surface area contributed by atoms with Gasteiger partial charge in [-0.15, -0.1) is 0 Å². The lowest BCUT2D eigenvalue weighted by Crippen LogP contribution is -2.75. The van der Waals surface area contributed by atoms with E-state index in [9.17, 15) is 0 Å². The molecule has 0 saturated carbocycles. The summed E-state index contributed by atoms with van der Waals surface area (Å²) in [7, 11) is 0. The van der Waals surface area contributed by atoms with Gasteiger partial charge in [-0.25, -0.2) is 0 Å². The van der Waals surface area contributed by atoms with E-state index in [1.165, 1.54) is 0 Å². The molecule has 2 aliphatic rings. The smallest absolute Gasteiger partial charge is 0.272 e. The predicted molar refractivity (Wildman–Crippen MR) is 70.7 cm³/mol. The summed E-state index contributed by atoms with van der Waals surface area (Å²) in [4.78, 5) is 6.63. The zero-order valence-electron chi connectivity index (χ0n) is 11.7. The molecule has 0 aliphatic carbocycles. The Labute approximate surface area is 108 Å². The molecule has 18 heavy (non-hydrogen) atoms. The zero-order chi connectivity index (χ0) is 13.2. The Morgan fingerprint density at radius 3 is 1.50 bits per heavy atom. The number of hydrogen-bond donors (Lipinski definition) is 4. The lowest BCUT2D eigenvalue weighted by Gasteiger charge is -2.18. The molecule has 2 rings (SSSR count). The summed E-state index contributed by atoms with van der Waals surface area (Å²) in [6.07, 6.45) is 0. The number of nitrogens with one attached hydrogen (secondary N) is 4. The monoisotopic (exact) mass is 252 g/mol. The van der Waals surface area contributed by atoms with Crippen LogP contribution in [0.1, 0.15) is 27.7 Å². The number of amidine groups is 2. The molecule has 0 fully saturated rings. The largest absolute Gasteiger partial charge is 0.272 e. The van der Waals surface area contributed by atoms with Gasteiger partial charge in [0.1, 0.15) is 26.2 Å². The fraction of sp³-hybridized carbons (Fsp3) is 0.833. The summed E-state index contributed by atoms with van der Waals surface area (Å²) >= 11 is 0. The Kier molecular flexibility index (Phi) is 3.36. The van der Waals surface area contributed by atoms with Gasteiger partial charge in [-0.05, 0) is 27.7 Å². The standard InChI is InChI=1S/C12H22N6/c1-11(2,9-13-5-6-14-9)17-18-12(3,4)10-15-7-8-16-10/h5-8H2,1-4H3,(H,13,14)(H,15,16)/p+2. The molecule has 4 N–H and O–H groups in total. The highest BCUT2D eigenvalue weighted by molar-refractivity contribution is 5.87. The van der Waals surface area contributed by atoms with Crippen LogP contribution < -0.4 is 20.6 Å². The Morgan fingerprint density at radius 1 is 0.833 bits per heavy atom. The average Bonchev–Trinajstić information content (AvgIpc) is 2.99. The summed E-state index contributed by atoms with van der Waals surface area (Å²) in [6.45, 7) is 12.1. The van der Waals surface area contributed by atoms with Gasteiger partial charge in [0, 0.05) is 0 Å². The van der Waals surface area contributed by atoms with Gasteiger partial charge in [0.25, 0.3) is 11.7 Å². The van der Waals surface area contributed by atoms with Gasteiger partial charge in [0.05, 0.1) is 0 Å². The van der Waals surface area contributed by atoms with Gasteiger partial charge in [0.2, 0.25) is 0 Å². The van der Waals surface area contributed by atoms with Crippen molar-refractivity contribution in [1.29, 1.82) is 0 Å². The minimum Gasteiger partial charge on any atom is -0.272 e. The van der Waals surface area contributed by atoms with E-state index in [1.807, 2.05) is 0 Å². The summed E-state index contributed by atoms with van der Waals surface area (Å²) < 4.78 is 0. The highest BCUT2D eigenvalue weighted by Crippen LogP contribution is 2.15.